The number of hydrogen-bond donors (Lipinski definition) is 1. The van der Waals surface area contributed by atoms with Crippen LogP contribution in [0.4, 0.5) is 4.39 Å². The third kappa shape index (κ3) is 3.18. The van der Waals surface area contributed by atoms with E-state index in [1.54, 1.807) is 6.07 Å². The van der Waals surface area contributed by atoms with Gasteiger partial charge < -0.3 is 5.73 Å². The smallest absolute Gasteiger partial charge is 0.129 e. The molecule has 0 amide bonds. The summed E-state index contributed by atoms with van der Waals surface area (Å²) in [6.45, 7) is 2.04. The lowest BCUT2D eigenvalue weighted by molar-refractivity contribution is 0.579. The van der Waals surface area contributed by atoms with E-state index in [1.165, 1.54) is 11.6 Å². The fraction of sp³-hybridized carbons (Fsp3) is 0.200. The fourth-order valence-electron chi connectivity index (χ4n) is 1.89. The van der Waals surface area contributed by atoms with Gasteiger partial charge in [0.1, 0.15) is 5.82 Å². The van der Waals surface area contributed by atoms with E-state index in [-0.39, 0.29) is 11.9 Å². The molecule has 1 atom stereocenters. The lowest BCUT2D eigenvalue weighted by atomic mass is 9.99. The molecule has 2 aromatic carbocycles. The van der Waals surface area contributed by atoms with Crippen LogP contribution in [0.2, 0.25) is 0 Å². The molecule has 0 aromatic heterocycles. The normalized spacial score (nSPS) is 12.4. The van der Waals surface area contributed by atoms with E-state index in [0.717, 1.165) is 10.0 Å². The van der Waals surface area contributed by atoms with Crippen molar-refractivity contribution in [1.82, 2.24) is 0 Å². The maximum absolute atomic E-state index is 13.8. The van der Waals surface area contributed by atoms with E-state index < -0.39 is 0 Å². The molecule has 3 heteroatoms. The molecule has 1 nitrogen and oxygen atoms in total. The largest absolute Gasteiger partial charge is 0.324 e. The Morgan fingerprint density at radius 1 is 1.17 bits per heavy atom. The van der Waals surface area contributed by atoms with E-state index >= 15 is 0 Å². The van der Waals surface area contributed by atoms with Crippen molar-refractivity contribution in [2.45, 2.75) is 19.4 Å². The van der Waals surface area contributed by atoms with Crippen LogP contribution in [0, 0.1) is 12.7 Å². The highest BCUT2D eigenvalue weighted by Crippen LogP contribution is 2.22. The average Bonchev–Trinajstić information content (AvgIpc) is 2.32. The number of halogens is 2. The molecule has 0 saturated carbocycles. The molecular formula is C15H15BrFN. The van der Waals surface area contributed by atoms with Crippen LogP contribution < -0.4 is 5.73 Å². The second kappa shape index (κ2) is 5.63. The first-order valence-corrected chi connectivity index (χ1v) is 6.61. The first-order chi connectivity index (χ1) is 8.56. The molecule has 0 aliphatic carbocycles. The Kier molecular flexibility index (Phi) is 4.15. The predicted molar refractivity (Wildman–Crippen MR) is 75.9 cm³/mol. The summed E-state index contributed by atoms with van der Waals surface area (Å²) >= 11 is 3.24. The first-order valence-electron chi connectivity index (χ1n) is 5.82. The zero-order valence-corrected chi connectivity index (χ0v) is 11.7. The summed E-state index contributed by atoms with van der Waals surface area (Å²) in [6, 6.07) is 12.8. The van der Waals surface area contributed by atoms with Crippen molar-refractivity contribution in [3.8, 4) is 0 Å². The molecule has 0 aliphatic heterocycles. The highest BCUT2D eigenvalue weighted by atomic mass is 79.9. The van der Waals surface area contributed by atoms with Crippen molar-refractivity contribution in [1.29, 1.82) is 0 Å². The summed E-state index contributed by atoms with van der Waals surface area (Å²) in [5.41, 5.74) is 8.95. The summed E-state index contributed by atoms with van der Waals surface area (Å²) in [4.78, 5) is 0. The highest BCUT2D eigenvalue weighted by molar-refractivity contribution is 9.10. The summed E-state index contributed by atoms with van der Waals surface area (Å²) < 4.78 is 14.5. The van der Waals surface area contributed by atoms with Crippen LogP contribution in [0.15, 0.2) is 46.9 Å². The van der Waals surface area contributed by atoms with E-state index in [1.807, 2.05) is 37.3 Å². The van der Waals surface area contributed by atoms with Crippen LogP contribution in [0.1, 0.15) is 22.7 Å². The Labute approximate surface area is 115 Å². The van der Waals surface area contributed by atoms with Gasteiger partial charge in [-0.05, 0) is 31.0 Å². The molecule has 0 bridgehead atoms. The van der Waals surface area contributed by atoms with Gasteiger partial charge in [-0.1, -0.05) is 51.8 Å². The Balaban J connectivity index is 2.16. The second-order valence-electron chi connectivity index (χ2n) is 4.46. The van der Waals surface area contributed by atoms with Crippen molar-refractivity contribution in [2.24, 2.45) is 5.73 Å². The second-order valence-corrected chi connectivity index (χ2v) is 5.38. The monoisotopic (exact) mass is 307 g/mol. The fourth-order valence-corrected chi connectivity index (χ4v) is 2.22. The summed E-state index contributed by atoms with van der Waals surface area (Å²) in [5, 5.41) is 0. The average molecular weight is 308 g/mol. The predicted octanol–water partition coefficient (Wildman–Crippen LogP) is 4.14. The van der Waals surface area contributed by atoms with Crippen LogP contribution in [-0.4, -0.2) is 0 Å². The molecule has 2 aromatic rings. The number of hydrogen-bond acceptors (Lipinski definition) is 1. The SMILES string of the molecule is Cc1ccc(CC(N)c2ccc(Br)cc2F)cc1. The van der Waals surface area contributed by atoms with Crippen LogP contribution in [0.25, 0.3) is 0 Å². The minimum absolute atomic E-state index is 0.260. The molecule has 1 unspecified atom stereocenters. The summed E-state index contributed by atoms with van der Waals surface area (Å²) in [5.74, 6) is -0.260. The van der Waals surface area contributed by atoms with Gasteiger partial charge in [-0.25, -0.2) is 4.39 Å². The van der Waals surface area contributed by atoms with E-state index in [2.05, 4.69) is 15.9 Å². The van der Waals surface area contributed by atoms with Crippen LogP contribution in [-0.2, 0) is 6.42 Å². The molecule has 0 aliphatic rings. The van der Waals surface area contributed by atoms with Crippen LogP contribution >= 0.6 is 15.9 Å². The first kappa shape index (κ1) is 13.2. The van der Waals surface area contributed by atoms with Crippen molar-refractivity contribution >= 4 is 15.9 Å². The van der Waals surface area contributed by atoms with Crippen LogP contribution in [0.3, 0.4) is 0 Å². The maximum Gasteiger partial charge on any atom is 0.129 e. The molecule has 0 radical (unpaired) electrons. The number of nitrogens with two attached hydrogens (primary N) is 1. The zero-order chi connectivity index (χ0) is 13.1. The van der Waals surface area contributed by atoms with Gasteiger partial charge in [-0.3, -0.25) is 0 Å². The maximum atomic E-state index is 13.8. The van der Waals surface area contributed by atoms with Gasteiger partial charge >= 0.3 is 0 Å². The van der Waals surface area contributed by atoms with Crippen molar-refractivity contribution < 1.29 is 4.39 Å². The van der Waals surface area contributed by atoms with Crippen molar-refractivity contribution in [3.63, 3.8) is 0 Å². The lowest BCUT2D eigenvalue weighted by Gasteiger charge is -2.13. The number of rotatable bonds is 3. The molecule has 0 fully saturated rings. The Hall–Kier alpha value is -1.19. The molecule has 2 rings (SSSR count). The Bertz CT molecular complexity index is 537. The Morgan fingerprint density at radius 3 is 2.44 bits per heavy atom. The molecule has 18 heavy (non-hydrogen) atoms. The topological polar surface area (TPSA) is 26.0 Å². The van der Waals surface area contributed by atoms with Crippen LogP contribution in [0.5, 0.6) is 0 Å². The van der Waals surface area contributed by atoms with E-state index in [0.29, 0.717) is 12.0 Å². The van der Waals surface area contributed by atoms with Gasteiger partial charge in [0.2, 0.25) is 0 Å². The third-order valence-corrected chi connectivity index (χ3v) is 3.43. The van der Waals surface area contributed by atoms with Gasteiger partial charge in [-0.15, -0.1) is 0 Å². The quantitative estimate of drug-likeness (QED) is 0.906. The van der Waals surface area contributed by atoms with Gasteiger partial charge in [0, 0.05) is 16.1 Å². The Morgan fingerprint density at radius 2 is 1.83 bits per heavy atom. The minimum Gasteiger partial charge on any atom is -0.324 e. The van der Waals surface area contributed by atoms with Gasteiger partial charge in [0.05, 0.1) is 0 Å². The number of benzene rings is 2. The van der Waals surface area contributed by atoms with E-state index in [9.17, 15) is 4.39 Å². The molecular weight excluding hydrogens is 293 g/mol. The van der Waals surface area contributed by atoms with Crippen molar-refractivity contribution in [2.75, 3.05) is 0 Å². The third-order valence-electron chi connectivity index (χ3n) is 2.94. The highest BCUT2D eigenvalue weighted by Gasteiger charge is 2.12. The minimum atomic E-state index is -0.319. The van der Waals surface area contributed by atoms with Gasteiger partial charge in [0.15, 0.2) is 0 Å². The lowest BCUT2D eigenvalue weighted by Crippen LogP contribution is -2.15. The summed E-state index contributed by atoms with van der Waals surface area (Å²) in [6.07, 6.45) is 0.638. The summed E-state index contributed by atoms with van der Waals surface area (Å²) in [7, 11) is 0. The standard InChI is InChI=1S/C15H15BrFN/c1-10-2-4-11(5-3-10)8-15(18)13-7-6-12(16)9-14(13)17/h2-7,9,15H,8,18H2,1H3. The zero-order valence-electron chi connectivity index (χ0n) is 10.2. The van der Waals surface area contributed by atoms with Gasteiger partial charge in [-0.2, -0.15) is 0 Å². The van der Waals surface area contributed by atoms with E-state index in [4.69, 9.17) is 5.73 Å². The molecule has 0 spiro atoms. The molecule has 2 N–H and O–H groups in total. The van der Waals surface area contributed by atoms with Crippen molar-refractivity contribution in [3.05, 3.63) is 69.4 Å². The molecule has 0 saturated heterocycles. The molecule has 0 heterocycles. The van der Waals surface area contributed by atoms with Gasteiger partial charge in [0.25, 0.3) is 0 Å². The molecule has 94 valence electrons. The number of aryl methyl sites for hydroxylation is 1.